The molecule has 1 fully saturated rings. The predicted octanol–water partition coefficient (Wildman–Crippen LogP) is 0.546. The lowest BCUT2D eigenvalue weighted by molar-refractivity contribution is -0.117. The molecule has 1 aromatic rings. The number of methoxy groups -OCH3 is 2. The van der Waals surface area contributed by atoms with Crippen molar-refractivity contribution in [3.8, 4) is 5.75 Å². The van der Waals surface area contributed by atoms with Crippen molar-refractivity contribution < 1.29 is 19.1 Å². The van der Waals surface area contributed by atoms with Crippen LogP contribution in [0.4, 0.5) is 5.69 Å². The summed E-state index contributed by atoms with van der Waals surface area (Å²) in [5, 5.41) is 0. The maximum Gasteiger partial charge on any atom is 0.337 e. The number of benzene rings is 1. The highest BCUT2D eigenvalue weighted by atomic mass is 16.5. The number of nitrogens with zero attached hydrogens (tertiary/aromatic N) is 1. The summed E-state index contributed by atoms with van der Waals surface area (Å²) in [6.45, 7) is 0.451. The molecule has 1 atom stereocenters. The maximum absolute atomic E-state index is 11.8. The molecular weight excluding hydrogens is 248 g/mol. The summed E-state index contributed by atoms with van der Waals surface area (Å²) in [5.74, 6) is -0.0451. The molecule has 1 amide bonds. The zero-order chi connectivity index (χ0) is 14.0. The molecule has 1 aliphatic rings. The predicted molar refractivity (Wildman–Crippen MR) is 69.3 cm³/mol. The Balaban J connectivity index is 2.36. The second kappa shape index (κ2) is 5.27. The molecular formula is C13H16N2O4. The minimum absolute atomic E-state index is 0.0448. The number of anilines is 1. The number of carbonyl (C=O) groups is 2. The molecule has 1 aromatic carbocycles. The Hall–Kier alpha value is -2.08. The molecule has 1 aliphatic heterocycles. The van der Waals surface area contributed by atoms with E-state index in [1.807, 2.05) is 0 Å². The molecule has 2 N–H and O–H groups in total. The summed E-state index contributed by atoms with van der Waals surface area (Å²) in [6.07, 6.45) is 0.321. The zero-order valence-electron chi connectivity index (χ0n) is 10.9. The molecule has 0 radical (unpaired) electrons. The van der Waals surface area contributed by atoms with Crippen LogP contribution in [0.1, 0.15) is 16.8 Å². The Bertz CT molecular complexity index is 515. The molecule has 6 heteroatoms. The van der Waals surface area contributed by atoms with Crippen molar-refractivity contribution in [2.75, 3.05) is 25.7 Å². The van der Waals surface area contributed by atoms with Crippen molar-refractivity contribution in [1.29, 1.82) is 0 Å². The van der Waals surface area contributed by atoms with E-state index in [-0.39, 0.29) is 11.9 Å². The molecule has 1 heterocycles. The van der Waals surface area contributed by atoms with E-state index in [1.165, 1.54) is 14.2 Å². The average Bonchev–Trinajstić information content (AvgIpc) is 2.75. The summed E-state index contributed by atoms with van der Waals surface area (Å²) in [4.78, 5) is 24.9. The minimum atomic E-state index is -0.450. The van der Waals surface area contributed by atoms with Gasteiger partial charge in [0.25, 0.3) is 0 Å². The second-order valence-electron chi connectivity index (χ2n) is 4.35. The molecule has 0 aliphatic carbocycles. The van der Waals surface area contributed by atoms with Crippen molar-refractivity contribution in [2.24, 2.45) is 5.73 Å². The highest BCUT2D eigenvalue weighted by Gasteiger charge is 2.30. The highest BCUT2D eigenvalue weighted by molar-refractivity contribution is 5.98. The van der Waals surface area contributed by atoms with E-state index < -0.39 is 5.97 Å². The summed E-state index contributed by atoms with van der Waals surface area (Å²) < 4.78 is 9.88. The Morgan fingerprint density at radius 3 is 2.68 bits per heavy atom. The Morgan fingerprint density at radius 2 is 2.16 bits per heavy atom. The third-order valence-corrected chi connectivity index (χ3v) is 3.05. The first-order chi connectivity index (χ1) is 9.06. The van der Waals surface area contributed by atoms with Gasteiger partial charge < -0.3 is 20.1 Å². The smallest absolute Gasteiger partial charge is 0.337 e. The number of carbonyl (C=O) groups excluding carboxylic acids is 2. The molecule has 0 aromatic heterocycles. The van der Waals surface area contributed by atoms with Gasteiger partial charge in [-0.05, 0) is 18.2 Å². The number of hydrogen-bond donors (Lipinski definition) is 1. The third-order valence-electron chi connectivity index (χ3n) is 3.05. The number of nitrogens with two attached hydrogens (primary N) is 1. The molecule has 19 heavy (non-hydrogen) atoms. The lowest BCUT2D eigenvalue weighted by atomic mass is 10.1. The van der Waals surface area contributed by atoms with Crippen LogP contribution in [-0.4, -0.2) is 38.7 Å². The van der Waals surface area contributed by atoms with E-state index in [9.17, 15) is 9.59 Å². The van der Waals surface area contributed by atoms with Crippen LogP contribution >= 0.6 is 0 Å². The molecule has 102 valence electrons. The molecule has 0 bridgehead atoms. The summed E-state index contributed by atoms with van der Waals surface area (Å²) in [6, 6.07) is 4.65. The van der Waals surface area contributed by atoms with Crippen LogP contribution in [0.3, 0.4) is 0 Å². The van der Waals surface area contributed by atoms with Gasteiger partial charge in [0.15, 0.2) is 0 Å². The summed E-state index contributed by atoms with van der Waals surface area (Å²) in [7, 11) is 2.80. The van der Waals surface area contributed by atoms with Gasteiger partial charge in [0.05, 0.1) is 25.5 Å². The third kappa shape index (κ3) is 2.53. The van der Waals surface area contributed by atoms with Crippen molar-refractivity contribution in [2.45, 2.75) is 12.5 Å². The van der Waals surface area contributed by atoms with Crippen molar-refractivity contribution in [1.82, 2.24) is 0 Å². The number of rotatable bonds is 3. The first-order valence-electron chi connectivity index (χ1n) is 5.89. The monoisotopic (exact) mass is 264 g/mol. The van der Waals surface area contributed by atoms with Crippen LogP contribution in [0.25, 0.3) is 0 Å². The van der Waals surface area contributed by atoms with Gasteiger partial charge in [0.2, 0.25) is 5.91 Å². The number of esters is 1. The van der Waals surface area contributed by atoms with Gasteiger partial charge in [-0.2, -0.15) is 0 Å². The first kappa shape index (κ1) is 13.4. The quantitative estimate of drug-likeness (QED) is 0.806. The largest absolute Gasteiger partial charge is 0.495 e. The number of hydrogen-bond acceptors (Lipinski definition) is 5. The van der Waals surface area contributed by atoms with Crippen LogP contribution in [0.15, 0.2) is 18.2 Å². The number of amides is 1. The van der Waals surface area contributed by atoms with Crippen molar-refractivity contribution in [3.63, 3.8) is 0 Å². The van der Waals surface area contributed by atoms with E-state index >= 15 is 0 Å². The Kier molecular flexibility index (Phi) is 3.71. The molecule has 2 rings (SSSR count). The fourth-order valence-corrected chi connectivity index (χ4v) is 2.11. The zero-order valence-corrected chi connectivity index (χ0v) is 10.9. The van der Waals surface area contributed by atoms with E-state index in [4.69, 9.17) is 10.5 Å². The Labute approximate surface area is 111 Å². The van der Waals surface area contributed by atoms with Gasteiger partial charge in [-0.25, -0.2) is 4.79 Å². The van der Waals surface area contributed by atoms with Crippen LogP contribution in [0, 0.1) is 0 Å². The summed E-state index contributed by atoms with van der Waals surface area (Å²) in [5.41, 5.74) is 6.76. The minimum Gasteiger partial charge on any atom is -0.495 e. The molecule has 0 spiro atoms. The molecule has 1 saturated heterocycles. The van der Waals surface area contributed by atoms with Crippen molar-refractivity contribution >= 4 is 17.6 Å². The van der Waals surface area contributed by atoms with Crippen LogP contribution in [0.5, 0.6) is 5.75 Å². The van der Waals surface area contributed by atoms with E-state index in [2.05, 4.69) is 4.74 Å². The maximum atomic E-state index is 11.8. The first-order valence-corrected chi connectivity index (χ1v) is 5.89. The van der Waals surface area contributed by atoms with Gasteiger partial charge in [-0.15, -0.1) is 0 Å². The van der Waals surface area contributed by atoms with E-state index in [0.717, 1.165) is 0 Å². The molecule has 1 unspecified atom stereocenters. The lowest BCUT2D eigenvalue weighted by Crippen LogP contribution is -2.28. The van der Waals surface area contributed by atoms with Crippen LogP contribution in [0.2, 0.25) is 0 Å². The van der Waals surface area contributed by atoms with Crippen LogP contribution < -0.4 is 15.4 Å². The lowest BCUT2D eigenvalue weighted by Gasteiger charge is -2.19. The second-order valence-corrected chi connectivity index (χ2v) is 4.35. The van der Waals surface area contributed by atoms with Gasteiger partial charge in [0, 0.05) is 19.0 Å². The normalized spacial score (nSPS) is 18.6. The number of ether oxygens (including phenoxy) is 2. The fourth-order valence-electron chi connectivity index (χ4n) is 2.11. The van der Waals surface area contributed by atoms with Gasteiger partial charge in [0.1, 0.15) is 5.75 Å². The average molecular weight is 264 g/mol. The van der Waals surface area contributed by atoms with Gasteiger partial charge in [-0.3, -0.25) is 4.79 Å². The van der Waals surface area contributed by atoms with E-state index in [0.29, 0.717) is 30.0 Å². The Morgan fingerprint density at radius 1 is 1.42 bits per heavy atom. The van der Waals surface area contributed by atoms with Gasteiger partial charge >= 0.3 is 5.97 Å². The topological polar surface area (TPSA) is 81.9 Å². The highest BCUT2D eigenvalue weighted by Crippen LogP contribution is 2.32. The van der Waals surface area contributed by atoms with E-state index in [1.54, 1.807) is 23.1 Å². The van der Waals surface area contributed by atoms with Gasteiger partial charge in [-0.1, -0.05) is 0 Å². The summed E-state index contributed by atoms with van der Waals surface area (Å²) >= 11 is 0. The SMILES string of the molecule is COC(=O)c1ccc(N2CC(N)CC2=O)c(OC)c1. The molecule has 6 nitrogen and oxygen atoms in total. The standard InChI is InChI=1S/C13H16N2O4/c1-18-11-5-8(13(17)19-2)3-4-10(11)15-7-9(14)6-12(15)16/h3-5,9H,6-7,14H2,1-2H3. The van der Waals surface area contributed by atoms with Crippen LogP contribution in [-0.2, 0) is 9.53 Å². The molecule has 0 saturated carbocycles. The fraction of sp³-hybridized carbons (Fsp3) is 0.385. The van der Waals surface area contributed by atoms with Crippen molar-refractivity contribution in [3.05, 3.63) is 23.8 Å².